The Kier molecular flexibility index (Phi) is 3.27. The molecule has 0 saturated heterocycles. The van der Waals surface area contributed by atoms with Gasteiger partial charge in [0.05, 0.1) is 18.0 Å². The minimum Gasteiger partial charge on any atom is -0.288 e. The van der Waals surface area contributed by atoms with Gasteiger partial charge in [0, 0.05) is 24.5 Å². The molecule has 0 spiro atoms. The number of ketones is 1. The molecule has 5 heteroatoms. The molecule has 2 aromatic rings. The van der Waals surface area contributed by atoms with Crippen LogP contribution >= 0.6 is 0 Å². The fourth-order valence-electron chi connectivity index (χ4n) is 1.53. The lowest BCUT2D eigenvalue weighted by Crippen LogP contribution is -2.02. The highest BCUT2D eigenvalue weighted by molar-refractivity contribution is 6.08. The van der Waals surface area contributed by atoms with Gasteiger partial charge in [0.2, 0.25) is 0 Å². The number of hydrogen-bond donors (Lipinski definition) is 0. The molecule has 0 saturated carbocycles. The van der Waals surface area contributed by atoms with Gasteiger partial charge in [-0.15, -0.1) is 0 Å². The van der Waals surface area contributed by atoms with Gasteiger partial charge in [0.15, 0.2) is 5.78 Å². The second kappa shape index (κ2) is 4.86. The van der Waals surface area contributed by atoms with Crippen molar-refractivity contribution < 1.29 is 9.18 Å². The first kappa shape index (κ1) is 11.4. The van der Waals surface area contributed by atoms with E-state index in [2.05, 4.69) is 10.1 Å². The van der Waals surface area contributed by atoms with E-state index in [-0.39, 0.29) is 11.3 Å². The van der Waals surface area contributed by atoms with Crippen molar-refractivity contribution in [3.05, 3.63) is 47.8 Å². The Morgan fingerprint density at radius 2 is 2.18 bits per heavy atom. The summed E-state index contributed by atoms with van der Waals surface area (Å²) in [5, 5.41) is 4.06. The van der Waals surface area contributed by atoms with Gasteiger partial charge in [-0.2, -0.15) is 5.10 Å². The summed E-state index contributed by atoms with van der Waals surface area (Å²) in [6, 6.07) is 1.17. The summed E-state index contributed by atoms with van der Waals surface area (Å²) in [4.78, 5) is 15.6. The van der Waals surface area contributed by atoms with Gasteiger partial charge in [-0.05, 0) is 12.5 Å². The Morgan fingerprint density at radius 3 is 2.88 bits per heavy atom. The van der Waals surface area contributed by atoms with Crippen molar-refractivity contribution in [1.29, 1.82) is 0 Å². The van der Waals surface area contributed by atoms with E-state index in [1.165, 1.54) is 18.5 Å². The second-order valence-corrected chi connectivity index (χ2v) is 3.71. The standard InChI is InChI=1S/C12H12FN3O/c1-2-3-16-8-10(6-15-16)12(17)9-4-11(13)7-14-5-9/h4-8H,2-3H2,1H3. The lowest BCUT2D eigenvalue weighted by Gasteiger charge is -1.97. The van der Waals surface area contributed by atoms with Crippen molar-refractivity contribution >= 4 is 5.78 Å². The van der Waals surface area contributed by atoms with Crippen LogP contribution in [0.2, 0.25) is 0 Å². The quantitative estimate of drug-likeness (QED) is 0.759. The molecule has 0 aliphatic carbocycles. The highest BCUT2D eigenvalue weighted by Crippen LogP contribution is 2.09. The largest absolute Gasteiger partial charge is 0.288 e. The van der Waals surface area contributed by atoms with E-state index in [9.17, 15) is 9.18 Å². The van der Waals surface area contributed by atoms with E-state index in [4.69, 9.17) is 0 Å². The first-order valence-electron chi connectivity index (χ1n) is 5.38. The zero-order chi connectivity index (χ0) is 12.3. The number of aromatic nitrogens is 3. The zero-order valence-corrected chi connectivity index (χ0v) is 9.43. The van der Waals surface area contributed by atoms with Crippen LogP contribution in [-0.2, 0) is 6.54 Å². The van der Waals surface area contributed by atoms with Crippen LogP contribution in [0, 0.1) is 5.82 Å². The summed E-state index contributed by atoms with van der Waals surface area (Å²) in [7, 11) is 0. The molecule has 0 N–H and O–H groups in total. The maximum atomic E-state index is 12.9. The molecule has 0 amide bonds. The van der Waals surface area contributed by atoms with Crippen LogP contribution < -0.4 is 0 Å². The summed E-state index contributed by atoms with van der Waals surface area (Å²) in [6.45, 7) is 2.79. The van der Waals surface area contributed by atoms with Crippen molar-refractivity contribution in [2.24, 2.45) is 0 Å². The van der Waals surface area contributed by atoms with Crippen molar-refractivity contribution in [2.45, 2.75) is 19.9 Å². The third kappa shape index (κ3) is 2.55. The van der Waals surface area contributed by atoms with E-state index in [0.717, 1.165) is 19.2 Å². The van der Waals surface area contributed by atoms with Crippen molar-refractivity contribution in [1.82, 2.24) is 14.8 Å². The van der Waals surface area contributed by atoms with Gasteiger partial charge in [-0.25, -0.2) is 4.39 Å². The van der Waals surface area contributed by atoms with Crippen molar-refractivity contribution in [3.8, 4) is 0 Å². The minimum absolute atomic E-state index is 0.237. The van der Waals surface area contributed by atoms with Crippen LogP contribution in [0.1, 0.15) is 29.3 Å². The Morgan fingerprint density at radius 1 is 1.35 bits per heavy atom. The fraction of sp³-hybridized carbons (Fsp3) is 0.250. The van der Waals surface area contributed by atoms with Gasteiger partial charge in [-0.1, -0.05) is 6.92 Å². The average molecular weight is 233 g/mol. The van der Waals surface area contributed by atoms with Gasteiger partial charge >= 0.3 is 0 Å². The Bertz CT molecular complexity index is 536. The first-order chi connectivity index (χ1) is 8.20. The molecule has 0 aliphatic rings. The molecule has 0 fully saturated rings. The predicted molar refractivity (Wildman–Crippen MR) is 60.1 cm³/mol. The smallest absolute Gasteiger partial charge is 0.197 e. The molecule has 0 aliphatic heterocycles. The number of hydrogen-bond acceptors (Lipinski definition) is 3. The van der Waals surface area contributed by atoms with Gasteiger partial charge < -0.3 is 0 Å². The number of carbonyl (C=O) groups is 1. The number of rotatable bonds is 4. The molecular formula is C12H12FN3O. The Balaban J connectivity index is 2.24. The second-order valence-electron chi connectivity index (χ2n) is 3.71. The van der Waals surface area contributed by atoms with Gasteiger partial charge in [0.25, 0.3) is 0 Å². The molecule has 88 valence electrons. The average Bonchev–Trinajstić information content (AvgIpc) is 2.77. The fourth-order valence-corrected chi connectivity index (χ4v) is 1.53. The topological polar surface area (TPSA) is 47.8 Å². The lowest BCUT2D eigenvalue weighted by molar-refractivity contribution is 0.103. The Hall–Kier alpha value is -2.04. The maximum absolute atomic E-state index is 12.9. The molecule has 0 unspecified atom stereocenters. The molecular weight excluding hydrogens is 221 g/mol. The van der Waals surface area contributed by atoms with E-state index in [0.29, 0.717) is 5.56 Å². The summed E-state index contributed by atoms with van der Waals surface area (Å²) in [5.74, 6) is -0.781. The molecule has 2 aromatic heterocycles. The summed E-state index contributed by atoms with van der Waals surface area (Å²) in [6.07, 6.45) is 6.51. The van der Waals surface area contributed by atoms with Crippen molar-refractivity contribution in [2.75, 3.05) is 0 Å². The molecule has 0 bridgehead atoms. The van der Waals surface area contributed by atoms with E-state index in [1.54, 1.807) is 10.9 Å². The highest BCUT2D eigenvalue weighted by Gasteiger charge is 2.12. The predicted octanol–water partition coefficient (Wildman–Crippen LogP) is 2.06. The van der Waals surface area contributed by atoms with Crippen LogP contribution in [0.5, 0.6) is 0 Å². The number of pyridine rings is 1. The van der Waals surface area contributed by atoms with Crippen LogP contribution in [0.3, 0.4) is 0 Å². The molecule has 0 aromatic carbocycles. The number of halogens is 1. The Labute approximate surface area is 98.1 Å². The third-order valence-corrected chi connectivity index (χ3v) is 2.32. The van der Waals surface area contributed by atoms with Crippen LogP contribution in [0.4, 0.5) is 4.39 Å². The van der Waals surface area contributed by atoms with Crippen LogP contribution in [-0.4, -0.2) is 20.5 Å². The van der Waals surface area contributed by atoms with Crippen LogP contribution in [0.15, 0.2) is 30.9 Å². The van der Waals surface area contributed by atoms with Crippen molar-refractivity contribution in [3.63, 3.8) is 0 Å². The SMILES string of the molecule is CCCn1cc(C(=O)c2cncc(F)c2)cn1. The molecule has 0 radical (unpaired) electrons. The van der Waals surface area contributed by atoms with Crippen LogP contribution in [0.25, 0.3) is 0 Å². The molecule has 17 heavy (non-hydrogen) atoms. The van der Waals surface area contributed by atoms with Gasteiger partial charge in [-0.3, -0.25) is 14.5 Å². The zero-order valence-electron chi connectivity index (χ0n) is 9.43. The number of carbonyl (C=O) groups excluding carboxylic acids is 1. The summed E-state index contributed by atoms with van der Waals surface area (Å²) in [5.41, 5.74) is 0.687. The summed E-state index contributed by atoms with van der Waals surface area (Å²) < 4.78 is 14.6. The maximum Gasteiger partial charge on any atom is 0.197 e. The number of nitrogens with zero attached hydrogens (tertiary/aromatic N) is 3. The first-order valence-corrected chi connectivity index (χ1v) is 5.38. The highest BCUT2D eigenvalue weighted by atomic mass is 19.1. The van der Waals surface area contributed by atoms with E-state index >= 15 is 0 Å². The lowest BCUT2D eigenvalue weighted by atomic mass is 10.1. The third-order valence-electron chi connectivity index (χ3n) is 2.32. The monoisotopic (exact) mass is 233 g/mol. The number of aryl methyl sites for hydroxylation is 1. The minimum atomic E-state index is -0.517. The molecule has 0 atom stereocenters. The van der Waals surface area contributed by atoms with E-state index in [1.807, 2.05) is 6.92 Å². The normalized spacial score (nSPS) is 10.5. The van der Waals surface area contributed by atoms with E-state index < -0.39 is 5.82 Å². The molecule has 2 rings (SSSR count). The van der Waals surface area contributed by atoms with Gasteiger partial charge in [0.1, 0.15) is 5.82 Å². The summed E-state index contributed by atoms with van der Waals surface area (Å²) >= 11 is 0. The molecule has 2 heterocycles. The molecule has 4 nitrogen and oxygen atoms in total.